The molecule has 0 saturated carbocycles. The number of para-hydroxylation sites is 1. The van der Waals surface area contributed by atoms with E-state index in [1.54, 1.807) is 13.2 Å². The van der Waals surface area contributed by atoms with Crippen LogP contribution in [0.5, 0.6) is 11.5 Å². The van der Waals surface area contributed by atoms with Gasteiger partial charge in [-0.1, -0.05) is 24.3 Å². The maximum atomic E-state index is 13.5. The molecule has 0 aliphatic carbocycles. The van der Waals surface area contributed by atoms with Crippen molar-refractivity contribution in [3.8, 4) is 17.6 Å². The third-order valence-electron chi connectivity index (χ3n) is 2.97. The van der Waals surface area contributed by atoms with Gasteiger partial charge in [0, 0.05) is 5.56 Å². The smallest absolute Gasteiger partial charge is 0.144 e. The first-order valence-electron chi connectivity index (χ1n) is 6.15. The highest BCUT2D eigenvalue weighted by molar-refractivity contribution is 5.44. The number of hydrogen-bond acceptors (Lipinski definition) is 3. The molecule has 0 aliphatic rings. The van der Waals surface area contributed by atoms with Crippen LogP contribution in [0.4, 0.5) is 4.39 Å². The Kier molecular flexibility index (Phi) is 4.21. The predicted molar refractivity (Wildman–Crippen MR) is 73.2 cm³/mol. The van der Waals surface area contributed by atoms with Gasteiger partial charge in [0.15, 0.2) is 0 Å². The van der Waals surface area contributed by atoms with E-state index in [-0.39, 0.29) is 17.4 Å². The van der Waals surface area contributed by atoms with Crippen LogP contribution in [0.25, 0.3) is 0 Å². The third-order valence-corrected chi connectivity index (χ3v) is 2.97. The molecule has 1 atom stereocenters. The lowest BCUT2D eigenvalue weighted by Gasteiger charge is -2.18. The molecule has 1 unspecified atom stereocenters. The summed E-state index contributed by atoms with van der Waals surface area (Å²) in [6.07, 6.45) is -0.361. The zero-order valence-electron chi connectivity index (χ0n) is 11.3. The van der Waals surface area contributed by atoms with Crippen molar-refractivity contribution in [1.82, 2.24) is 0 Å². The Labute approximate surface area is 117 Å². The molecule has 20 heavy (non-hydrogen) atoms. The molecule has 0 saturated heterocycles. The van der Waals surface area contributed by atoms with Crippen molar-refractivity contribution < 1.29 is 13.9 Å². The van der Waals surface area contributed by atoms with Crippen LogP contribution in [0.15, 0.2) is 42.5 Å². The first kappa shape index (κ1) is 13.9. The average molecular weight is 271 g/mol. The molecule has 2 rings (SSSR count). The van der Waals surface area contributed by atoms with Gasteiger partial charge in [0.05, 0.1) is 7.11 Å². The molecule has 0 radical (unpaired) electrons. The summed E-state index contributed by atoms with van der Waals surface area (Å²) in [5.41, 5.74) is 0.748. The number of rotatable bonds is 4. The van der Waals surface area contributed by atoms with E-state index in [1.165, 1.54) is 12.1 Å². The SMILES string of the molecule is COc1ccccc1C(C)Oc1cccc(F)c1C#N. The highest BCUT2D eigenvalue weighted by Crippen LogP contribution is 2.30. The lowest BCUT2D eigenvalue weighted by molar-refractivity contribution is 0.219. The fraction of sp³-hybridized carbons (Fsp3) is 0.188. The van der Waals surface area contributed by atoms with Gasteiger partial charge in [-0.2, -0.15) is 5.26 Å². The van der Waals surface area contributed by atoms with Crippen molar-refractivity contribution in [1.29, 1.82) is 5.26 Å². The monoisotopic (exact) mass is 271 g/mol. The lowest BCUT2D eigenvalue weighted by Crippen LogP contribution is -2.06. The molecule has 0 spiro atoms. The van der Waals surface area contributed by atoms with Gasteiger partial charge in [-0.25, -0.2) is 4.39 Å². The van der Waals surface area contributed by atoms with Gasteiger partial charge in [0.25, 0.3) is 0 Å². The topological polar surface area (TPSA) is 42.2 Å². The van der Waals surface area contributed by atoms with Crippen LogP contribution in [0, 0.1) is 17.1 Å². The van der Waals surface area contributed by atoms with Crippen molar-refractivity contribution >= 4 is 0 Å². The van der Waals surface area contributed by atoms with Crippen LogP contribution in [-0.2, 0) is 0 Å². The van der Waals surface area contributed by atoms with Gasteiger partial charge in [-0.3, -0.25) is 0 Å². The standard InChI is InChI=1S/C16H14FNO2/c1-11(12-6-3-4-8-15(12)19-2)20-16-9-5-7-14(17)13(16)10-18/h3-9,11H,1-2H3. The van der Waals surface area contributed by atoms with Gasteiger partial charge >= 0.3 is 0 Å². The number of nitrogens with zero attached hydrogens (tertiary/aromatic N) is 1. The van der Waals surface area contributed by atoms with E-state index >= 15 is 0 Å². The second-order valence-corrected chi connectivity index (χ2v) is 4.23. The first-order chi connectivity index (χ1) is 9.67. The minimum Gasteiger partial charge on any atom is -0.496 e. The minimum absolute atomic E-state index is 0.0887. The summed E-state index contributed by atoms with van der Waals surface area (Å²) in [4.78, 5) is 0. The van der Waals surface area contributed by atoms with E-state index in [0.717, 1.165) is 5.56 Å². The molecule has 0 aromatic heterocycles. The fourth-order valence-corrected chi connectivity index (χ4v) is 1.97. The Morgan fingerprint density at radius 2 is 1.80 bits per heavy atom. The lowest BCUT2D eigenvalue weighted by atomic mass is 10.1. The molecular weight excluding hydrogens is 257 g/mol. The second kappa shape index (κ2) is 6.07. The summed E-state index contributed by atoms with van der Waals surface area (Å²) in [6, 6.07) is 13.6. The van der Waals surface area contributed by atoms with Gasteiger partial charge in [-0.15, -0.1) is 0 Å². The third kappa shape index (κ3) is 2.72. The molecule has 0 amide bonds. The maximum Gasteiger partial charge on any atom is 0.144 e. The van der Waals surface area contributed by atoms with Crippen molar-refractivity contribution in [2.24, 2.45) is 0 Å². The summed E-state index contributed by atoms with van der Waals surface area (Å²) >= 11 is 0. The molecule has 0 bridgehead atoms. The van der Waals surface area contributed by atoms with Crippen LogP contribution in [0.1, 0.15) is 24.2 Å². The van der Waals surface area contributed by atoms with E-state index in [0.29, 0.717) is 5.75 Å². The van der Waals surface area contributed by atoms with Crippen LogP contribution in [-0.4, -0.2) is 7.11 Å². The molecule has 102 valence electrons. The summed E-state index contributed by atoms with van der Waals surface area (Å²) in [7, 11) is 1.58. The maximum absolute atomic E-state index is 13.5. The van der Waals surface area contributed by atoms with Gasteiger partial charge < -0.3 is 9.47 Å². The molecular formula is C16H14FNO2. The van der Waals surface area contributed by atoms with E-state index < -0.39 is 5.82 Å². The van der Waals surface area contributed by atoms with Gasteiger partial charge in [0.2, 0.25) is 0 Å². The molecule has 0 aliphatic heterocycles. The van der Waals surface area contributed by atoms with Crippen molar-refractivity contribution in [3.63, 3.8) is 0 Å². The molecule has 0 fully saturated rings. The number of methoxy groups -OCH3 is 1. The summed E-state index contributed by atoms with van der Waals surface area (Å²) in [6.45, 7) is 1.82. The van der Waals surface area contributed by atoms with Crippen molar-refractivity contribution in [3.05, 3.63) is 59.4 Å². The van der Waals surface area contributed by atoms with Crippen molar-refractivity contribution in [2.75, 3.05) is 7.11 Å². The van der Waals surface area contributed by atoms with Gasteiger partial charge in [-0.05, 0) is 25.1 Å². The first-order valence-corrected chi connectivity index (χ1v) is 6.15. The van der Waals surface area contributed by atoms with Crippen LogP contribution < -0.4 is 9.47 Å². The van der Waals surface area contributed by atoms with E-state index in [4.69, 9.17) is 14.7 Å². The Morgan fingerprint density at radius 3 is 2.50 bits per heavy atom. The second-order valence-electron chi connectivity index (χ2n) is 4.23. The molecule has 4 heteroatoms. The van der Waals surface area contributed by atoms with E-state index in [2.05, 4.69) is 0 Å². The van der Waals surface area contributed by atoms with Crippen LogP contribution in [0.3, 0.4) is 0 Å². The van der Waals surface area contributed by atoms with Crippen molar-refractivity contribution in [2.45, 2.75) is 13.0 Å². The molecule has 2 aromatic carbocycles. The highest BCUT2D eigenvalue weighted by Gasteiger charge is 2.16. The summed E-state index contributed by atoms with van der Waals surface area (Å²) in [5.74, 6) is 0.332. The Balaban J connectivity index is 2.31. The summed E-state index contributed by atoms with van der Waals surface area (Å²) in [5, 5.41) is 8.99. The van der Waals surface area contributed by atoms with E-state index in [1.807, 2.05) is 37.3 Å². The number of hydrogen-bond donors (Lipinski definition) is 0. The Hall–Kier alpha value is -2.54. The minimum atomic E-state index is -0.586. The van der Waals surface area contributed by atoms with Crippen LogP contribution >= 0.6 is 0 Å². The quantitative estimate of drug-likeness (QED) is 0.848. The number of nitriles is 1. The number of benzene rings is 2. The normalized spacial score (nSPS) is 11.5. The zero-order valence-corrected chi connectivity index (χ0v) is 11.3. The molecule has 0 heterocycles. The largest absolute Gasteiger partial charge is 0.496 e. The van der Waals surface area contributed by atoms with Gasteiger partial charge in [0.1, 0.15) is 35.1 Å². The predicted octanol–water partition coefficient (Wildman–Crippen LogP) is 3.85. The Morgan fingerprint density at radius 1 is 1.10 bits per heavy atom. The number of ether oxygens (including phenoxy) is 2. The zero-order chi connectivity index (χ0) is 14.5. The number of halogens is 1. The summed E-state index contributed by atoms with van der Waals surface area (Å²) < 4.78 is 24.5. The molecule has 2 aromatic rings. The van der Waals surface area contributed by atoms with Crippen LogP contribution in [0.2, 0.25) is 0 Å². The average Bonchev–Trinajstić information content (AvgIpc) is 2.47. The van der Waals surface area contributed by atoms with E-state index in [9.17, 15) is 4.39 Å². The Bertz CT molecular complexity index is 649. The molecule has 0 N–H and O–H groups in total. The fourth-order valence-electron chi connectivity index (χ4n) is 1.97. The molecule has 3 nitrogen and oxygen atoms in total. The highest BCUT2D eigenvalue weighted by atomic mass is 19.1.